The Hall–Kier alpha value is -3.27. The molecule has 0 aliphatic rings. The second-order valence-corrected chi connectivity index (χ2v) is 5.12. The van der Waals surface area contributed by atoms with Crippen LogP contribution in [0.5, 0.6) is 5.75 Å². The average Bonchev–Trinajstić information content (AvgIpc) is 2.57. The van der Waals surface area contributed by atoms with E-state index in [0.717, 1.165) is 11.1 Å². The Bertz CT molecular complexity index is 825. The number of nitrogen functional groups attached to an aromatic ring is 2. The first-order valence-electron chi connectivity index (χ1n) is 7.16. The zero-order valence-corrected chi connectivity index (χ0v) is 12.4. The quantitative estimate of drug-likeness (QED) is 0.439. The highest BCUT2D eigenvalue weighted by Crippen LogP contribution is 2.27. The summed E-state index contributed by atoms with van der Waals surface area (Å²) in [5, 5.41) is 0. The van der Waals surface area contributed by atoms with Crippen molar-refractivity contribution in [1.82, 2.24) is 0 Å². The summed E-state index contributed by atoms with van der Waals surface area (Å²) >= 11 is 0. The summed E-state index contributed by atoms with van der Waals surface area (Å²) in [6.45, 7) is 0. The molecule has 0 unspecified atom stereocenters. The molecule has 0 fully saturated rings. The standard InChI is InChI=1S/C19H16N2O2/c20-15-9-5-14(6-10-15)19(22)23-16-11-7-13(8-12-16)17-3-1-2-4-18(17)21/h1-12H,20-21H2. The van der Waals surface area contributed by atoms with Gasteiger partial charge in [0, 0.05) is 16.9 Å². The van der Waals surface area contributed by atoms with Crippen LogP contribution < -0.4 is 16.2 Å². The van der Waals surface area contributed by atoms with E-state index in [1.807, 2.05) is 36.4 Å². The van der Waals surface area contributed by atoms with Crippen molar-refractivity contribution in [1.29, 1.82) is 0 Å². The normalized spacial score (nSPS) is 10.3. The number of ether oxygens (including phenoxy) is 1. The van der Waals surface area contributed by atoms with Crippen LogP contribution in [0.4, 0.5) is 11.4 Å². The number of hydrogen-bond donors (Lipinski definition) is 2. The van der Waals surface area contributed by atoms with E-state index in [1.165, 1.54) is 0 Å². The van der Waals surface area contributed by atoms with Crippen molar-refractivity contribution >= 4 is 17.3 Å². The van der Waals surface area contributed by atoms with Gasteiger partial charge < -0.3 is 16.2 Å². The number of rotatable bonds is 3. The monoisotopic (exact) mass is 304 g/mol. The van der Waals surface area contributed by atoms with Crippen molar-refractivity contribution in [2.45, 2.75) is 0 Å². The van der Waals surface area contributed by atoms with Gasteiger partial charge in [0.2, 0.25) is 0 Å². The molecule has 4 heteroatoms. The van der Waals surface area contributed by atoms with E-state index in [0.29, 0.717) is 22.7 Å². The first kappa shape index (κ1) is 14.7. The van der Waals surface area contributed by atoms with E-state index in [2.05, 4.69) is 0 Å². The Labute approximate surface area is 134 Å². The van der Waals surface area contributed by atoms with E-state index >= 15 is 0 Å². The Morgan fingerprint density at radius 3 is 2.09 bits per heavy atom. The maximum absolute atomic E-state index is 12.1. The summed E-state index contributed by atoms with van der Waals surface area (Å²) in [5.41, 5.74) is 15.2. The maximum atomic E-state index is 12.1. The average molecular weight is 304 g/mol. The van der Waals surface area contributed by atoms with Gasteiger partial charge in [0.25, 0.3) is 0 Å². The van der Waals surface area contributed by atoms with Gasteiger partial charge in [-0.1, -0.05) is 30.3 Å². The lowest BCUT2D eigenvalue weighted by Gasteiger charge is -2.08. The SMILES string of the molecule is Nc1ccc(C(=O)Oc2ccc(-c3ccccc3N)cc2)cc1. The molecule has 0 aliphatic heterocycles. The number of esters is 1. The number of carbonyl (C=O) groups is 1. The fourth-order valence-corrected chi connectivity index (χ4v) is 2.25. The van der Waals surface area contributed by atoms with Gasteiger partial charge in [-0.3, -0.25) is 0 Å². The molecule has 0 saturated heterocycles. The molecule has 0 spiro atoms. The molecule has 0 saturated carbocycles. The van der Waals surface area contributed by atoms with Crippen LogP contribution in [0.3, 0.4) is 0 Å². The largest absolute Gasteiger partial charge is 0.423 e. The van der Waals surface area contributed by atoms with E-state index in [1.54, 1.807) is 36.4 Å². The molecule has 0 amide bonds. The van der Waals surface area contributed by atoms with Crippen LogP contribution in [0.1, 0.15) is 10.4 Å². The summed E-state index contributed by atoms with van der Waals surface area (Å²) in [5.74, 6) is 0.0575. The number of benzene rings is 3. The highest BCUT2D eigenvalue weighted by Gasteiger charge is 2.09. The zero-order chi connectivity index (χ0) is 16.2. The third-order valence-corrected chi connectivity index (χ3v) is 3.48. The minimum absolute atomic E-state index is 0.419. The van der Waals surface area contributed by atoms with Gasteiger partial charge in [0.05, 0.1) is 5.56 Å². The van der Waals surface area contributed by atoms with Crippen molar-refractivity contribution in [3.63, 3.8) is 0 Å². The minimum Gasteiger partial charge on any atom is -0.423 e. The number of hydrogen-bond acceptors (Lipinski definition) is 4. The van der Waals surface area contributed by atoms with E-state index in [4.69, 9.17) is 16.2 Å². The fourth-order valence-electron chi connectivity index (χ4n) is 2.25. The molecule has 3 aromatic carbocycles. The second kappa shape index (κ2) is 6.23. The van der Waals surface area contributed by atoms with Crippen molar-refractivity contribution in [2.24, 2.45) is 0 Å². The Balaban J connectivity index is 1.76. The summed E-state index contributed by atoms with van der Waals surface area (Å²) < 4.78 is 5.35. The first-order valence-corrected chi connectivity index (χ1v) is 7.16. The smallest absolute Gasteiger partial charge is 0.343 e. The van der Waals surface area contributed by atoms with Gasteiger partial charge in [-0.2, -0.15) is 0 Å². The fraction of sp³-hybridized carbons (Fsp3) is 0. The third kappa shape index (κ3) is 3.32. The van der Waals surface area contributed by atoms with Crippen LogP contribution in [0.2, 0.25) is 0 Å². The van der Waals surface area contributed by atoms with Crippen LogP contribution in [0.15, 0.2) is 72.8 Å². The summed E-state index contributed by atoms with van der Waals surface area (Å²) in [4.78, 5) is 12.1. The molecule has 3 rings (SSSR count). The zero-order valence-electron chi connectivity index (χ0n) is 12.4. The van der Waals surface area contributed by atoms with Crippen molar-refractivity contribution in [2.75, 3.05) is 11.5 Å². The maximum Gasteiger partial charge on any atom is 0.343 e. The van der Waals surface area contributed by atoms with Gasteiger partial charge in [-0.25, -0.2) is 4.79 Å². The number of nitrogens with two attached hydrogens (primary N) is 2. The van der Waals surface area contributed by atoms with Gasteiger partial charge >= 0.3 is 5.97 Å². The summed E-state index contributed by atoms with van der Waals surface area (Å²) in [6, 6.07) is 21.5. The molecule has 0 atom stereocenters. The lowest BCUT2D eigenvalue weighted by molar-refractivity contribution is 0.0735. The predicted octanol–water partition coefficient (Wildman–Crippen LogP) is 3.74. The second-order valence-electron chi connectivity index (χ2n) is 5.12. The van der Waals surface area contributed by atoms with E-state index in [-0.39, 0.29) is 0 Å². The van der Waals surface area contributed by atoms with Crippen LogP contribution in [0, 0.1) is 0 Å². The highest BCUT2D eigenvalue weighted by molar-refractivity contribution is 5.91. The van der Waals surface area contributed by atoms with Gasteiger partial charge in [0.1, 0.15) is 5.75 Å². The molecule has 3 aromatic rings. The highest BCUT2D eigenvalue weighted by atomic mass is 16.5. The molecule has 0 radical (unpaired) electrons. The number of para-hydroxylation sites is 1. The predicted molar refractivity (Wildman–Crippen MR) is 92.1 cm³/mol. The van der Waals surface area contributed by atoms with Gasteiger partial charge in [0.15, 0.2) is 0 Å². The molecule has 4 nitrogen and oxygen atoms in total. The van der Waals surface area contributed by atoms with Gasteiger partial charge in [-0.05, 0) is 48.0 Å². The molecule has 0 aromatic heterocycles. The lowest BCUT2D eigenvalue weighted by atomic mass is 10.0. The summed E-state index contributed by atoms with van der Waals surface area (Å²) in [7, 11) is 0. The van der Waals surface area contributed by atoms with Crippen LogP contribution >= 0.6 is 0 Å². The van der Waals surface area contributed by atoms with Crippen LogP contribution in [-0.4, -0.2) is 5.97 Å². The van der Waals surface area contributed by atoms with Crippen LogP contribution in [0.25, 0.3) is 11.1 Å². The number of anilines is 2. The van der Waals surface area contributed by atoms with E-state index < -0.39 is 5.97 Å². The lowest BCUT2D eigenvalue weighted by Crippen LogP contribution is -2.08. The molecule has 23 heavy (non-hydrogen) atoms. The number of carbonyl (C=O) groups excluding carboxylic acids is 1. The van der Waals surface area contributed by atoms with Gasteiger partial charge in [-0.15, -0.1) is 0 Å². The molecule has 0 aliphatic carbocycles. The van der Waals surface area contributed by atoms with E-state index in [9.17, 15) is 4.79 Å². The molecule has 0 bridgehead atoms. The Kier molecular flexibility index (Phi) is 3.97. The molecule has 0 heterocycles. The molecule has 4 N–H and O–H groups in total. The van der Waals surface area contributed by atoms with Crippen molar-refractivity contribution in [3.8, 4) is 16.9 Å². The topological polar surface area (TPSA) is 78.3 Å². The molecule has 114 valence electrons. The Morgan fingerprint density at radius 1 is 0.783 bits per heavy atom. The third-order valence-electron chi connectivity index (χ3n) is 3.48. The molecular weight excluding hydrogens is 288 g/mol. The summed E-state index contributed by atoms with van der Waals surface area (Å²) in [6.07, 6.45) is 0. The molecular formula is C19H16N2O2. The first-order chi connectivity index (χ1) is 11.1. The van der Waals surface area contributed by atoms with Crippen LogP contribution in [-0.2, 0) is 0 Å². The minimum atomic E-state index is -0.419. The Morgan fingerprint density at radius 2 is 1.43 bits per heavy atom. The van der Waals surface area contributed by atoms with Crippen molar-refractivity contribution < 1.29 is 9.53 Å². The van der Waals surface area contributed by atoms with Crippen molar-refractivity contribution in [3.05, 3.63) is 78.4 Å².